The molecule has 0 aliphatic carbocycles. The molecule has 0 bridgehead atoms. The highest BCUT2D eigenvalue weighted by molar-refractivity contribution is 7.98. The van der Waals surface area contributed by atoms with Crippen molar-refractivity contribution in [1.29, 1.82) is 0 Å². The number of pyridine rings is 1. The van der Waals surface area contributed by atoms with Crippen molar-refractivity contribution >= 4 is 35.0 Å². The van der Waals surface area contributed by atoms with Crippen LogP contribution in [0.2, 0.25) is 0 Å². The Kier molecular flexibility index (Phi) is 4.99. The number of aromatic nitrogens is 3. The van der Waals surface area contributed by atoms with Gasteiger partial charge in [0, 0.05) is 22.3 Å². The molecule has 1 N–H and O–H groups in total. The number of esters is 1. The maximum Gasteiger partial charge on any atom is 0.337 e. The third kappa shape index (κ3) is 3.57. The predicted molar refractivity (Wildman–Crippen MR) is 111 cm³/mol. The molecule has 2 aromatic heterocycles. The molecule has 0 amide bonds. The molecule has 28 heavy (non-hydrogen) atoms. The zero-order chi connectivity index (χ0) is 19.5. The molecule has 7 heteroatoms. The van der Waals surface area contributed by atoms with Crippen LogP contribution in [0.25, 0.3) is 16.8 Å². The summed E-state index contributed by atoms with van der Waals surface area (Å²) in [5.41, 5.74) is 4.15. The minimum atomic E-state index is -0.366. The van der Waals surface area contributed by atoms with Gasteiger partial charge in [0.1, 0.15) is 0 Å². The highest BCUT2D eigenvalue weighted by atomic mass is 32.2. The maximum atomic E-state index is 11.5. The van der Waals surface area contributed by atoms with Gasteiger partial charge in [0.25, 0.3) is 0 Å². The van der Waals surface area contributed by atoms with Crippen molar-refractivity contribution < 1.29 is 9.53 Å². The second kappa shape index (κ2) is 7.74. The molecule has 140 valence electrons. The molecule has 0 radical (unpaired) electrons. The topological polar surface area (TPSA) is 68.5 Å². The van der Waals surface area contributed by atoms with Crippen LogP contribution in [-0.4, -0.2) is 33.9 Å². The number of benzene rings is 2. The van der Waals surface area contributed by atoms with Crippen LogP contribution in [0.15, 0.2) is 71.8 Å². The van der Waals surface area contributed by atoms with Crippen LogP contribution in [0.3, 0.4) is 0 Å². The number of rotatable bonds is 5. The molecular weight excluding hydrogens is 372 g/mol. The second-order valence-corrected chi connectivity index (χ2v) is 6.93. The van der Waals surface area contributed by atoms with Crippen LogP contribution < -0.4 is 5.32 Å². The summed E-state index contributed by atoms with van der Waals surface area (Å²) in [4.78, 5) is 17.4. The third-order valence-electron chi connectivity index (χ3n) is 4.33. The fraction of sp³-hybridized carbons (Fsp3) is 0.0952. The van der Waals surface area contributed by atoms with Gasteiger partial charge >= 0.3 is 5.97 Å². The first-order chi connectivity index (χ1) is 13.7. The van der Waals surface area contributed by atoms with Gasteiger partial charge in [-0.3, -0.25) is 0 Å². The molecule has 2 heterocycles. The standard InChI is InChI=1S/C21H18N4O2S/c1-27-20(26)15-5-9-16(10-6-15)22-21-23-19-18(4-3-13-25(19)24-21)14-7-11-17(28-2)12-8-14/h3-13H,1-2H3,(H,22,24). The van der Waals surface area contributed by atoms with E-state index in [1.54, 1.807) is 40.5 Å². The Labute approximate surface area is 166 Å². The first-order valence-corrected chi connectivity index (χ1v) is 9.85. The monoisotopic (exact) mass is 390 g/mol. The summed E-state index contributed by atoms with van der Waals surface area (Å²) >= 11 is 1.71. The van der Waals surface area contributed by atoms with E-state index in [0.29, 0.717) is 11.5 Å². The summed E-state index contributed by atoms with van der Waals surface area (Å²) in [6.45, 7) is 0. The van der Waals surface area contributed by atoms with E-state index in [2.05, 4.69) is 45.9 Å². The number of ether oxygens (including phenoxy) is 1. The normalized spacial score (nSPS) is 10.8. The van der Waals surface area contributed by atoms with Crippen molar-refractivity contribution in [1.82, 2.24) is 14.6 Å². The Morgan fingerprint density at radius 2 is 1.82 bits per heavy atom. The number of fused-ring (bicyclic) bond motifs is 1. The number of nitrogens with zero attached hydrogens (tertiary/aromatic N) is 3. The van der Waals surface area contributed by atoms with Gasteiger partial charge < -0.3 is 10.1 Å². The van der Waals surface area contributed by atoms with E-state index in [-0.39, 0.29) is 5.97 Å². The van der Waals surface area contributed by atoms with E-state index in [9.17, 15) is 4.79 Å². The summed E-state index contributed by atoms with van der Waals surface area (Å²) < 4.78 is 6.47. The highest BCUT2D eigenvalue weighted by Gasteiger charge is 2.11. The number of anilines is 2. The molecule has 0 spiro atoms. The van der Waals surface area contributed by atoms with E-state index in [4.69, 9.17) is 4.74 Å². The van der Waals surface area contributed by atoms with Gasteiger partial charge in [0.2, 0.25) is 5.95 Å². The molecule has 0 fully saturated rings. The van der Waals surface area contributed by atoms with E-state index >= 15 is 0 Å². The molecular formula is C21H18N4O2S. The summed E-state index contributed by atoms with van der Waals surface area (Å²) in [5, 5.41) is 7.68. The molecule has 0 aliphatic rings. The lowest BCUT2D eigenvalue weighted by molar-refractivity contribution is 0.0601. The lowest BCUT2D eigenvalue weighted by atomic mass is 10.1. The van der Waals surface area contributed by atoms with Crippen molar-refractivity contribution in [2.75, 3.05) is 18.7 Å². The van der Waals surface area contributed by atoms with E-state index in [0.717, 1.165) is 22.5 Å². The Morgan fingerprint density at radius 3 is 2.50 bits per heavy atom. The third-order valence-corrected chi connectivity index (χ3v) is 5.07. The zero-order valence-corrected chi connectivity index (χ0v) is 16.2. The Morgan fingerprint density at radius 1 is 1.07 bits per heavy atom. The fourth-order valence-corrected chi connectivity index (χ4v) is 3.30. The van der Waals surface area contributed by atoms with Gasteiger partial charge in [-0.2, -0.15) is 4.98 Å². The average Bonchev–Trinajstić information content (AvgIpc) is 3.16. The molecule has 2 aromatic carbocycles. The SMILES string of the molecule is COC(=O)c1ccc(Nc2nc3c(-c4ccc(SC)cc4)cccn3n2)cc1. The van der Waals surface area contributed by atoms with Crippen LogP contribution in [0.5, 0.6) is 0 Å². The predicted octanol–water partition coefficient (Wildman–Crippen LogP) is 4.65. The number of carbonyl (C=O) groups is 1. The number of thioether (sulfide) groups is 1. The largest absolute Gasteiger partial charge is 0.465 e. The van der Waals surface area contributed by atoms with Crippen LogP contribution in [-0.2, 0) is 4.74 Å². The molecule has 0 unspecified atom stereocenters. The number of hydrogen-bond acceptors (Lipinski definition) is 6. The van der Waals surface area contributed by atoms with Gasteiger partial charge in [0.05, 0.1) is 12.7 Å². The maximum absolute atomic E-state index is 11.5. The summed E-state index contributed by atoms with van der Waals surface area (Å²) in [7, 11) is 1.36. The van der Waals surface area contributed by atoms with Gasteiger partial charge in [0.15, 0.2) is 5.65 Å². The molecule has 6 nitrogen and oxygen atoms in total. The number of hydrogen-bond donors (Lipinski definition) is 1. The van der Waals surface area contributed by atoms with Crippen molar-refractivity contribution in [3.63, 3.8) is 0 Å². The summed E-state index contributed by atoms with van der Waals surface area (Å²) in [5.74, 6) is 0.119. The Balaban J connectivity index is 1.63. The first kappa shape index (κ1) is 18.1. The average molecular weight is 390 g/mol. The molecule has 4 aromatic rings. The van der Waals surface area contributed by atoms with Crippen molar-refractivity contribution in [2.24, 2.45) is 0 Å². The van der Waals surface area contributed by atoms with E-state index < -0.39 is 0 Å². The number of methoxy groups -OCH3 is 1. The zero-order valence-electron chi connectivity index (χ0n) is 15.4. The second-order valence-electron chi connectivity index (χ2n) is 6.05. The van der Waals surface area contributed by atoms with Gasteiger partial charge in [-0.15, -0.1) is 16.9 Å². The fourth-order valence-electron chi connectivity index (χ4n) is 2.89. The molecule has 0 saturated carbocycles. The minimum Gasteiger partial charge on any atom is -0.465 e. The van der Waals surface area contributed by atoms with Gasteiger partial charge in [-0.1, -0.05) is 12.1 Å². The summed E-state index contributed by atoms with van der Waals surface area (Å²) in [6.07, 6.45) is 3.93. The minimum absolute atomic E-state index is 0.366. The number of carbonyl (C=O) groups excluding carboxylic acids is 1. The molecule has 0 atom stereocenters. The quantitative estimate of drug-likeness (QED) is 0.395. The van der Waals surface area contributed by atoms with Crippen molar-refractivity contribution in [3.05, 3.63) is 72.4 Å². The lowest BCUT2D eigenvalue weighted by Crippen LogP contribution is -2.01. The highest BCUT2D eigenvalue weighted by Crippen LogP contribution is 2.27. The smallest absolute Gasteiger partial charge is 0.337 e. The number of nitrogens with one attached hydrogen (secondary N) is 1. The van der Waals surface area contributed by atoms with Crippen molar-refractivity contribution in [3.8, 4) is 11.1 Å². The van der Waals surface area contributed by atoms with Gasteiger partial charge in [-0.25, -0.2) is 9.31 Å². The van der Waals surface area contributed by atoms with E-state index in [1.807, 2.05) is 18.3 Å². The lowest BCUT2D eigenvalue weighted by Gasteiger charge is -2.04. The van der Waals surface area contributed by atoms with Gasteiger partial charge in [-0.05, 0) is 60.4 Å². The van der Waals surface area contributed by atoms with E-state index in [1.165, 1.54) is 12.0 Å². The van der Waals surface area contributed by atoms with Crippen molar-refractivity contribution in [2.45, 2.75) is 4.90 Å². The molecule has 0 aliphatic heterocycles. The molecule has 0 saturated heterocycles. The van der Waals surface area contributed by atoms with Crippen LogP contribution in [0.1, 0.15) is 10.4 Å². The molecule has 4 rings (SSSR count). The van der Waals surface area contributed by atoms with Crippen LogP contribution in [0.4, 0.5) is 11.6 Å². The summed E-state index contributed by atoms with van der Waals surface area (Å²) in [6, 6.07) is 19.3. The Bertz CT molecular complexity index is 1120. The first-order valence-electron chi connectivity index (χ1n) is 8.63. The van der Waals surface area contributed by atoms with Crippen LogP contribution in [0, 0.1) is 0 Å². The van der Waals surface area contributed by atoms with Crippen LogP contribution >= 0.6 is 11.8 Å². The Hall–Kier alpha value is -3.32.